The minimum atomic E-state index is -0.282. The van der Waals surface area contributed by atoms with Crippen molar-refractivity contribution < 1.29 is 9.59 Å². The third-order valence-corrected chi connectivity index (χ3v) is 2.62. The molecule has 5 heteroatoms. The van der Waals surface area contributed by atoms with Crippen LogP contribution in [0.5, 0.6) is 0 Å². The Morgan fingerprint density at radius 3 is 2.65 bits per heavy atom. The largest absolute Gasteiger partial charge is 0.354 e. The molecule has 0 spiro atoms. The molecule has 5 nitrogen and oxygen atoms in total. The highest BCUT2D eigenvalue weighted by molar-refractivity contribution is 5.90. The van der Waals surface area contributed by atoms with E-state index in [2.05, 4.69) is 16.0 Å². The second-order valence-corrected chi connectivity index (χ2v) is 4.17. The molecule has 1 saturated heterocycles. The van der Waals surface area contributed by atoms with Crippen molar-refractivity contribution in [2.75, 3.05) is 11.9 Å². The molecule has 17 heavy (non-hydrogen) atoms. The SMILES string of the molecule is Cc1ccc(NC(=O)N[C@@H]2CNC(=O)C2)cc1. The quantitative estimate of drug-likeness (QED) is 0.713. The van der Waals surface area contributed by atoms with Crippen molar-refractivity contribution in [2.45, 2.75) is 19.4 Å². The van der Waals surface area contributed by atoms with Crippen molar-refractivity contribution in [1.82, 2.24) is 10.6 Å². The van der Waals surface area contributed by atoms with Crippen LogP contribution in [0.4, 0.5) is 10.5 Å². The Balaban J connectivity index is 1.85. The van der Waals surface area contributed by atoms with E-state index < -0.39 is 0 Å². The van der Waals surface area contributed by atoms with Gasteiger partial charge in [-0.1, -0.05) is 17.7 Å². The summed E-state index contributed by atoms with van der Waals surface area (Å²) in [4.78, 5) is 22.5. The minimum Gasteiger partial charge on any atom is -0.354 e. The molecule has 1 fully saturated rings. The van der Waals surface area contributed by atoms with Gasteiger partial charge in [0, 0.05) is 18.7 Å². The van der Waals surface area contributed by atoms with Crippen LogP contribution in [-0.2, 0) is 4.79 Å². The molecule has 3 N–H and O–H groups in total. The van der Waals surface area contributed by atoms with Gasteiger partial charge in [0.15, 0.2) is 0 Å². The van der Waals surface area contributed by atoms with Crippen LogP contribution < -0.4 is 16.0 Å². The Bertz CT molecular complexity index is 428. The molecule has 0 saturated carbocycles. The molecular formula is C12H15N3O2. The molecule has 1 aromatic rings. The number of rotatable bonds is 2. The standard InChI is InChI=1S/C12H15N3O2/c1-8-2-4-9(5-3-8)14-12(17)15-10-6-11(16)13-7-10/h2-5,10H,6-7H2,1H3,(H,13,16)(H2,14,15,17)/t10-/m0/s1. The number of aryl methyl sites for hydroxylation is 1. The summed E-state index contributed by atoms with van der Waals surface area (Å²) in [6.45, 7) is 2.49. The maximum absolute atomic E-state index is 11.6. The van der Waals surface area contributed by atoms with E-state index in [0.717, 1.165) is 11.3 Å². The van der Waals surface area contributed by atoms with Crippen LogP contribution in [0.2, 0.25) is 0 Å². The Morgan fingerprint density at radius 2 is 2.06 bits per heavy atom. The first-order chi connectivity index (χ1) is 8.13. The number of nitrogens with one attached hydrogen (secondary N) is 3. The zero-order chi connectivity index (χ0) is 12.3. The van der Waals surface area contributed by atoms with E-state index in [0.29, 0.717) is 13.0 Å². The van der Waals surface area contributed by atoms with Gasteiger partial charge in [0.1, 0.15) is 0 Å². The van der Waals surface area contributed by atoms with Crippen molar-refractivity contribution >= 4 is 17.6 Å². The first-order valence-corrected chi connectivity index (χ1v) is 5.54. The normalized spacial score (nSPS) is 18.6. The summed E-state index contributed by atoms with van der Waals surface area (Å²) in [5.74, 6) is -0.0226. The molecule has 1 aliphatic rings. The van der Waals surface area contributed by atoms with Crippen LogP contribution in [0.1, 0.15) is 12.0 Å². The van der Waals surface area contributed by atoms with Gasteiger partial charge in [-0.05, 0) is 19.1 Å². The smallest absolute Gasteiger partial charge is 0.319 e. The highest BCUT2D eigenvalue weighted by Gasteiger charge is 2.22. The Labute approximate surface area is 99.6 Å². The molecular weight excluding hydrogens is 218 g/mol. The van der Waals surface area contributed by atoms with Crippen molar-refractivity contribution in [3.63, 3.8) is 0 Å². The first-order valence-electron chi connectivity index (χ1n) is 5.54. The lowest BCUT2D eigenvalue weighted by molar-refractivity contribution is -0.119. The summed E-state index contributed by atoms with van der Waals surface area (Å²) in [7, 11) is 0. The molecule has 1 aliphatic heterocycles. The number of carbonyl (C=O) groups excluding carboxylic acids is 2. The predicted octanol–water partition coefficient (Wildman–Crippen LogP) is 1.01. The molecule has 90 valence electrons. The first kappa shape index (κ1) is 11.4. The average molecular weight is 233 g/mol. The Morgan fingerprint density at radius 1 is 1.35 bits per heavy atom. The third kappa shape index (κ3) is 3.21. The molecule has 2 rings (SSSR count). The summed E-state index contributed by atoms with van der Waals surface area (Å²) in [6.07, 6.45) is 0.349. The zero-order valence-corrected chi connectivity index (χ0v) is 9.62. The molecule has 0 aromatic heterocycles. The van der Waals surface area contributed by atoms with Gasteiger partial charge in [-0.2, -0.15) is 0 Å². The lowest BCUT2D eigenvalue weighted by Gasteiger charge is -2.11. The van der Waals surface area contributed by atoms with E-state index >= 15 is 0 Å². The fraction of sp³-hybridized carbons (Fsp3) is 0.333. The summed E-state index contributed by atoms with van der Waals surface area (Å²) < 4.78 is 0. The van der Waals surface area contributed by atoms with Crippen LogP contribution in [-0.4, -0.2) is 24.5 Å². The number of hydrogen-bond acceptors (Lipinski definition) is 2. The number of hydrogen-bond donors (Lipinski definition) is 3. The Kier molecular flexibility index (Phi) is 3.27. The van der Waals surface area contributed by atoms with Crippen LogP contribution in [0.15, 0.2) is 24.3 Å². The van der Waals surface area contributed by atoms with Crippen molar-refractivity contribution in [3.05, 3.63) is 29.8 Å². The van der Waals surface area contributed by atoms with Gasteiger partial charge in [0.25, 0.3) is 0 Å². The molecule has 0 bridgehead atoms. The van der Waals surface area contributed by atoms with Crippen LogP contribution >= 0.6 is 0 Å². The molecule has 0 radical (unpaired) electrons. The lowest BCUT2D eigenvalue weighted by atomic mass is 10.2. The van der Waals surface area contributed by atoms with Gasteiger partial charge in [-0.25, -0.2) is 4.79 Å². The minimum absolute atomic E-state index is 0.0226. The van der Waals surface area contributed by atoms with Gasteiger partial charge in [0.2, 0.25) is 5.91 Å². The number of urea groups is 1. The van der Waals surface area contributed by atoms with E-state index in [9.17, 15) is 9.59 Å². The highest BCUT2D eigenvalue weighted by Crippen LogP contribution is 2.08. The molecule has 0 unspecified atom stereocenters. The van der Waals surface area contributed by atoms with Crippen molar-refractivity contribution in [3.8, 4) is 0 Å². The molecule has 3 amide bonds. The highest BCUT2D eigenvalue weighted by atomic mass is 16.2. The fourth-order valence-corrected chi connectivity index (χ4v) is 1.70. The van der Waals surface area contributed by atoms with E-state index in [1.807, 2.05) is 31.2 Å². The van der Waals surface area contributed by atoms with Crippen LogP contribution in [0.25, 0.3) is 0 Å². The maximum atomic E-state index is 11.6. The van der Waals surface area contributed by atoms with Gasteiger partial charge in [-0.3, -0.25) is 4.79 Å². The second kappa shape index (κ2) is 4.86. The third-order valence-electron chi connectivity index (χ3n) is 2.62. The molecule has 1 atom stereocenters. The van der Waals surface area contributed by atoms with Gasteiger partial charge in [0.05, 0.1) is 6.04 Å². The summed E-state index contributed by atoms with van der Waals surface area (Å²) in [6, 6.07) is 7.13. The second-order valence-electron chi connectivity index (χ2n) is 4.17. The number of benzene rings is 1. The maximum Gasteiger partial charge on any atom is 0.319 e. The van der Waals surface area contributed by atoms with E-state index in [1.165, 1.54) is 0 Å². The zero-order valence-electron chi connectivity index (χ0n) is 9.62. The van der Waals surface area contributed by atoms with Gasteiger partial charge < -0.3 is 16.0 Å². The van der Waals surface area contributed by atoms with E-state index in [-0.39, 0.29) is 18.0 Å². The van der Waals surface area contributed by atoms with Gasteiger partial charge in [-0.15, -0.1) is 0 Å². The monoisotopic (exact) mass is 233 g/mol. The van der Waals surface area contributed by atoms with E-state index in [1.54, 1.807) is 0 Å². The van der Waals surface area contributed by atoms with E-state index in [4.69, 9.17) is 0 Å². The number of anilines is 1. The average Bonchev–Trinajstić information content (AvgIpc) is 2.67. The molecule has 0 aliphatic carbocycles. The topological polar surface area (TPSA) is 70.2 Å². The fourth-order valence-electron chi connectivity index (χ4n) is 1.70. The lowest BCUT2D eigenvalue weighted by Crippen LogP contribution is -2.39. The van der Waals surface area contributed by atoms with Crippen molar-refractivity contribution in [1.29, 1.82) is 0 Å². The molecule has 1 heterocycles. The number of amides is 3. The van der Waals surface area contributed by atoms with Gasteiger partial charge >= 0.3 is 6.03 Å². The summed E-state index contributed by atoms with van der Waals surface area (Å²) in [5, 5.41) is 8.13. The molecule has 1 aromatic carbocycles. The van der Waals surface area contributed by atoms with Crippen LogP contribution in [0, 0.1) is 6.92 Å². The van der Waals surface area contributed by atoms with Crippen LogP contribution in [0.3, 0.4) is 0 Å². The Hall–Kier alpha value is -2.04. The van der Waals surface area contributed by atoms with Crippen molar-refractivity contribution in [2.24, 2.45) is 0 Å². The summed E-state index contributed by atoms with van der Waals surface area (Å²) >= 11 is 0. The summed E-state index contributed by atoms with van der Waals surface area (Å²) in [5.41, 5.74) is 1.88. The number of carbonyl (C=O) groups is 2. The predicted molar refractivity (Wildman–Crippen MR) is 64.7 cm³/mol.